The molecule has 3 rings (SSSR count). The van der Waals surface area contributed by atoms with E-state index in [-0.39, 0.29) is 5.69 Å². The summed E-state index contributed by atoms with van der Waals surface area (Å²) in [6, 6.07) is 3.48. The molecule has 1 aliphatic rings. The third kappa shape index (κ3) is 2.67. The van der Waals surface area contributed by atoms with Crippen LogP contribution in [-0.4, -0.2) is 39.1 Å². The number of aromatic nitrogens is 3. The standard InChI is InChI=1S/C13H17ClN4O/c14-11-5-4-10-12(16-11)18(13(19)15-10)9-8-17-6-2-1-3-7-17/h4-5H,1-3,6-9H2,(H,15,19). The quantitative estimate of drug-likeness (QED) is 0.873. The fraction of sp³-hybridized carbons (Fsp3) is 0.538. The summed E-state index contributed by atoms with van der Waals surface area (Å²) in [5, 5.41) is 0.415. The Balaban J connectivity index is 1.81. The van der Waals surface area contributed by atoms with Gasteiger partial charge in [0.1, 0.15) is 5.15 Å². The van der Waals surface area contributed by atoms with Crippen LogP contribution in [0.15, 0.2) is 16.9 Å². The molecular weight excluding hydrogens is 264 g/mol. The highest BCUT2D eigenvalue weighted by atomic mass is 35.5. The molecule has 0 amide bonds. The Morgan fingerprint density at radius 2 is 2.00 bits per heavy atom. The molecule has 0 atom stereocenters. The van der Waals surface area contributed by atoms with Gasteiger partial charge in [-0.2, -0.15) is 0 Å². The van der Waals surface area contributed by atoms with Crippen LogP contribution in [0.4, 0.5) is 0 Å². The van der Waals surface area contributed by atoms with Gasteiger partial charge in [0.25, 0.3) is 0 Å². The van der Waals surface area contributed by atoms with Crippen LogP contribution in [0.25, 0.3) is 11.2 Å². The van der Waals surface area contributed by atoms with E-state index in [9.17, 15) is 4.79 Å². The minimum absolute atomic E-state index is 0.109. The maximum absolute atomic E-state index is 11.9. The second-order valence-electron chi connectivity index (χ2n) is 4.99. The minimum atomic E-state index is -0.109. The smallest absolute Gasteiger partial charge is 0.304 e. The molecule has 0 saturated carbocycles. The zero-order valence-corrected chi connectivity index (χ0v) is 11.5. The van der Waals surface area contributed by atoms with Crippen LogP contribution in [0, 0.1) is 0 Å². The number of aromatic amines is 1. The fourth-order valence-corrected chi connectivity index (χ4v) is 2.78. The molecule has 0 aromatic carbocycles. The summed E-state index contributed by atoms with van der Waals surface area (Å²) in [5.41, 5.74) is 1.28. The number of likely N-dealkylation sites (tertiary alicyclic amines) is 1. The number of hydrogen-bond acceptors (Lipinski definition) is 3. The zero-order chi connectivity index (χ0) is 13.2. The number of halogens is 1. The van der Waals surface area contributed by atoms with Gasteiger partial charge in [-0.1, -0.05) is 18.0 Å². The molecule has 6 heteroatoms. The van der Waals surface area contributed by atoms with Crippen molar-refractivity contribution in [2.75, 3.05) is 19.6 Å². The third-order valence-corrected chi connectivity index (χ3v) is 3.88. The molecule has 1 fully saturated rings. The zero-order valence-electron chi connectivity index (χ0n) is 10.7. The number of rotatable bonds is 3. The average Bonchev–Trinajstić information content (AvgIpc) is 2.73. The number of pyridine rings is 1. The molecule has 0 radical (unpaired) electrons. The highest BCUT2D eigenvalue weighted by Crippen LogP contribution is 2.13. The van der Waals surface area contributed by atoms with Gasteiger partial charge in [-0.3, -0.25) is 4.57 Å². The maximum atomic E-state index is 11.9. The van der Waals surface area contributed by atoms with Crippen molar-refractivity contribution >= 4 is 22.8 Å². The first-order valence-electron chi connectivity index (χ1n) is 6.71. The molecule has 0 unspecified atom stereocenters. The lowest BCUT2D eigenvalue weighted by Crippen LogP contribution is -2.34. The average molecular weight is 281 g/mol. The van der Waals surface area contributed by atoms with E-state index >= 15 is 0 Å². The minimum Gasteiger partial charge on any atom is -0.304 e. The summed E-state index contributed by atoms with van der Waals surface area (Å²) in [7, 11) is 0. The van der Waals surface area contributed by atoms with Crippen LogP contribution < -0.4 is 5.69 Å². The van der Waals surface area contributed by atoms with Crippen molar-refractivity contribution in [3.05, 3.63) is 27.8 Å². The summed E-state index contributed by atoms with van der Waals surface area (Å²) < 4.78 is 1.68. The molecule has 0 bridgehead atoms. The van der Waals surface area contributed by atoms with Crippen LogP contribution in [0.2, 0.25) is 5.15 Å². The summed E-state index contributed by atoms with van der Waals surface area (Å²) in [4.78, 5) is 21.4. The van der Waals surface area contributed by atoms with Gasteiger partial charge in [-0.05, 0) is 38.1 Å². The third-order valence-electron chi connectivity index (χ3n) is 3.67. The molecule has 5 nitrogen and oxygen atoms in total. The largest absolute Gasteiger partial charge is 0.327 e. The molecule has 19 heavy (non-hydrogen) atoms. The predicted octanol–water partition coefficient (Wildman–Crippen LogP) is 1.86. The second-order valence-corrected chi connectivity index (χ2v) is 5.38. The Labute approximate surface area is 116 Å². The number of nitrogens with one attached hydrogen (secondary N) is 1. The van der Waals surface area contributed by atoms with Crippen molar-refractivity contribution in [3.63, 3.8) is 0 Å². The predicted molar refractivity (Wildman–Crippen MR) is 75.7 cm³/mol. The van der Waals surface area contributed by atoms with Crippen molar-refractivity contribution < 1.29 is 0 Å². The first-order chi connectivity index (χ1) is 9.24. The van der Waals surface area contributed by atoms with Crippen LogP contribution in [-0.2, 0) is 6.54 Å². The molecular formula is C13H17ClN4O. The Hall–Kier alpha value is -1.33. The van der Waals surface area contributed by atoms with E-state index in [1.165, 1.54) is 19.3 Å². The summed E-state index contributed by atoms with van der Waals surface area (Å²) in [6.45, 7) is 3.81. The number of fused-ring (bicyclic) bond motifs is 1. The first kappa shape index (κ1) is 12.7. The number of hydrogen-bond donors (Lipinski definition) is 1. The van der Waals surface area contributed by atoms with E-state index in [1.54, 1.807) is 16.7 Å². The van der Waals surface area contributed by atoms with Crippen LogP contribution in [0.3, 0.4) is 0 Å². The van der Waals surface area contributed by atoms with Gasteiger partial charge in [0.2, 0.25) is 0 Å². The molecule has 2 aromatic heterocycles. The van der Waals surface area contributed by atoms with Crippen LogP contribution >= 0.6 is 11.6 Å². The Kier molecular flexibility index (Phi) is 3.57. The van der Waals surface area contributed by atoms with E-state index in [0.29, 0.717) is 17.3 Å². The Morgan fingerprint density at radius 1 is 1.21 bits per heavy atom. The topological polar surface area (TPSA) is 53.9 Å². The van der Waals surface area contributed by atoms with Gasteiger partial charge in [-0.25, -0.2) is 9.78 Å². The van der Waals surface area contributed by atoms with E-state index in [2.05, 4.69) is 14.9 Å². The maximum Gasteiger partial charge on any atom is 0.327 e. The fourth-order valence-electron chi connectivity index (χ4n) is 2.64. The molecule has 1 saturated heterocycles. The van der Waals surface area contributed by atoms with E-state index < -0.39 is 0 Å². The second kappa shape index (κ2) is 5.35. The summed E-state index contributed by atoms with van der Waals surface area (Å²) in [6.07, 6.45) is 3.83. The highest BCUT2D eigenvalue weighted by Gasteiger charge is 2.12. The van der Waals surface area contributed by atoms with Crippen molar-refractivity contribution in [1.29, 1.82) is 0 Å². The molecule has 102 valence electrons. The van der Waals surface area contributed by atoms with Crippen molar-refractivity contribution in [2.45, 2.75) is 25.8 Å². The van der Waals surface area contributed by atoms with E-state index in [0.717, 1.165) is 25.2 Å². The van der Waals surface area contributed by atoms with Gasteiger partial charge in [0.05, 0.1) is 5.52 Å². The highest BCUT2D eigenvalue weighted by molar-refractivity contribution is 6.29. The molecule has 1 aliphatic heterocycles. The first-order valence-corrected chi connectivity index (χ1v) is 7.09. The number of nitrogens with zero attached hydrogens (tertiary/aromatic N) is 3. The van der Waals surface area contributed by atoms with Gasteiger partial charge in [0.15, 0.2) is 5.65 Å². The summed E-state index contributed by atoms with van der Waals surface area (Å²) >= 11 is 5.90. The molecule has 0 aliphatic carbocycles. The molecule has 3 heterocycles. The Bertz CT molecular complexity index is 627. The summed E-state index contributed by atoms with van der Waals surface area (Å²) in [5.74, 6) is 0. The number of imidazole rings is 1. The monoisotopic (exact) mass is 280 g/mol. The molecule has 0 spiro atoms. The van der Waals surface area contributed by atoms with Gasteiger partial charge in [-0.15, -0.1) is 0 Å². The van der Waals surface area contributed by atoms with Crippen molar-refractivity contribution in [3.8, 4) is 0 Å². The van der Waals surface area contributed by atoms with Crippen LogP contribution in [0.1, 0.15) is 19.3 Å². The van der Waals surface area contributed by atoms with Crippen molar-refractivity contribution in [2.24, 2.45) is 0 Å². The van der Waals surface area contributed by atoms with Gasteiger partial charge in [0, 0.05) is 13.1 Å². The van der Waals surface area contributed by atoms with Crippen molar-refractivity contribution in [1.82, 2.24) is 19.4 Å². The number of H-pyrrole nitrogens is 1. The van der Waals surface area contributed by atoms with Crippen LogP contribution in [0.5, 0.6) is 0 Å². The lowest BCUT2D eigenvalue weighted by atomic mass is 10.1. The van der Waals surface area contributed by atoms with E-state index in [4.69, 9.17) is 11.6 Å². The lowest BCUT2D eigenvalue weighted by Gasteiger charge is -2.26. The van der Waals surface area contributed by atoms with Gasteiger partial charge < -0.3 is 9.88 Å². The van der Waals surface area contributed by atoms with Gasteiger partial charge >= 0.3 is 5.69 Å². The normalized spacial score (nSPS) is 17.1. The number of piperidine rings is 1. The molecule has 1 N–H and O–H groups in total. The van der Waals surface area contributed by atoms with E-state index in [1.807, 2.05) is 0 Å². The SMILES string of the molecule is O=c1[nH]c2ccc(Cl)nc2n1CCN1CCCCC1. The molecule has 2 aromatic rings. The Morgan fingerprint density at radius 3 is 2.79 bits per heavy atom. The lowest BCUT2D eigenvalue weighted by molar-refractivity contribution is 0.221.